The van der Waals surface area contributed by atoms with Gasteiger partial charge in [0.15, 0.2) is 0 Å². The Hall–Kier alpha value is -2.38. The highest BCUT2D eigenvalue weighted by Crippen LogP contribution is 2.36. The van der Waals surface area contributed by atoms with E-state index in [1.165, 1.54) is 26.0 Å². The van der Waals surface area contributed by atoms with Gasteiger partial charge < -0.3 is 4.84 Å². The second-order valence-corrected chi connectivity index (χ2v) is 6.05. The number of hydrogen-bond acceptors (Lipinski definition) is 4. The molecule has 1 aliphatic heterocycles. The Morgan fingerprint density at radius 2 is 1.57 bits per heavy atom. The summed E-state index contributed by atoms with van der Waals surface area (Å²) in [6.45, 7) is 2.51. The van der Waals surface area contributed by atoms with Crippen LogP contribution < -0.4 is 0 Å². The number of amides is 2. The van der Waals surface area contributed by atoms with Crippen LogP contribution in [0.4, 0.5) is 13.2 Å². The third kappa shape index (κ3) is 3.88. The number of halogens is 3. The topological polar surface area (TPSA) is 63.7 Å². The van der Waals surface area contributed by atoms with Gasteiger partial charge >= 0.3 is 12.1 Å². The van der Waals surface area contributed by atoms with Gasteiger partial charge in [-0.15, -0.1) is 0 Å². The maximum Gasteiger partial charge on any atom is 0.389 e. The summed E-state index contributed by atoms with van der Waals surface area (Å²) in [6.07, 6.45) is -6.20. The van der Waals surface area contributed by atoms with Crippen LogP contribution >= 0.6 is 0 Å². The van der Waals surface area contributed by atoms with E-state index in [1.54, 1.807) is 12.1 Å². The Balaban J connectivity index is 2.05. The maximum absolute atomic E-state index is 12.4. The Bertz CT molecular complexity index is 632. The van der Waals surface area contributed by atoms with Crippen LogP contribution in [0.15, 0.2) is 24.3 Å². The van der Waals surface area contributed by atoms with Crippen LogP contribution in [0.2, 0.25) is 0 Å². The number of carbonyl (C=O) groups excluding carboxylic acids is 3. The maximum atomic E-state index is 12.4. The number of carbonyl (C=O) groups is 3. The molecule has 0 saturated heterocycles. The lowest BCUT2D eigenvalue weighted by Crippen LogP contribution is -2.35. The van der Waals surface area contributed by atoms with Gasteiger partial charge in [0.2, 0.25) is 0 Å². The van der Waals surface area contributed by atoms with Gasteiger partial charge in [0.05, 0.1) is 17.5 Å². The Labute approximate surface area is 130 Å². The first kappa shape index (κ1) is 17.0. The predicted molar refractivity (Wildman–Crippen MR) is 72.1 cm³/mol. The van der Waals surface area contributed by atoms with E-state index in [2.05, 4.69) is 0 Å². The van der Waals surface area contributed by atoms with Crippen molar-refractivity contribution in [3.8, 4) is 0 Å². The van der Waals surface area contributed by atoms with Crippen molar-refractivity contribution in [3.63, 3.8) is 0 Å². The molecule has 0 aromatic heterocycles. The first-order valence-electron chi connectivity index (χ1n) is 6.75. The first-order valence-corrected chi connectivity index (χ1v) is 6.75. The van der Waals surface area contributed by atoms with Crippen molar-refractivity contribution in [1.82, 2.24) is 5.06 Å². The Kier molecular flexibility index (Phi) is 4.19. The molecule has 0 atom stereocenters. The highest BCUT2D eigenvalue weighted by Gasteiger charge is 2.41. The van der Waals surface area contributed by atoms with Gasteiger partial charge in [-0.1, -0.05) is 31.0 Å². The molecule has 1 aromatic carbocycles. The third-order valence-corrected chi connectivity index (χ3v) is 3.25. The minimum absolute atomic E-state index is 0.0832. The first-order chi connectivity index (χ1) is 10.5. The molecule has 2 rings (SSSR count). The molecule has 23 heavy (non-hydrogen) atoms. The van der Waals surface area contributed by atoms with Gasteiger partial charge in [-0.2, -0.15) is 13.2 Å². The molecule has 0 aliphatic carbocycles. The zero-order valence-corrected chi connectivity index (χ0v) is 12.4. The van der Waals surface area contributed by atoms with Gasteiger partial charge in [0.1, 0.15) is 0 Å². The summed E-state index contributed by atoms with van der Waals surface area (Å²) in [5.41, 5.74) is -1.24. The van der Waals surface area contributed by atoms with Crippen molar-refractivity contribution < 1.29 is 32.4 Å². The van der Waals surface area contributed by atoms with Crippen molar-refractivity contribution in [2.45, 2.75) is 32.9 Å². The molecule has 0 spiro atoms. The number of nitrogens with zero attached hydrogens (tertiary/aromatic N) is 1. The van der Waals surface area contributed by atoms with Gasteiger partial charge in [-0.05, 0) is 17.5 Å². The zero-order valence-electron chi connectivity index (χ0n) is 12.4. The molecule has 0 N–H and O–H groups in total. The molecule has 0 saturated carbocycles. The van der Waals surface area contributed by atoms with E-state index in [-0.39, 0.29) is 16.2 Å². The molecule has 5 nitrogen and oxygen atoms in total. The van der Waals surface area contributed by atoms with E-state index in [4.69, 9.17) is 4.84 Å². The van der Waals surface area contributed by atoms with E-state index >= 15 is 0 Å². The number of fused-ring (bicyclic) bond motifs is 1. The van der Waals surface area contributed by atoms with E-state index in [9.17, 15) is 27.6 Å². The van der Waals surface area contributed by atoms with Crippen LogP contribution in [0.3, 0.4) is 0 Å². The monoisotopic (exact) mass is 329 g/mol. The minimum Gasteiger partial charge on any atom is -0.330 e. The Morgan fingerprint density at radius 3 is 2.00 bits per heavy atom. The molecule has 0 radical (unpaired) electrons. The van der Waals surface area contributed by atoms with Crippen LogP contribution in [0.5, 0.6) is 0 Å². The van der Waals surface area contributed by atoms with Crippen LogP contribution in [0.1, 0.15) is 47.4 Å². The van der Waals surface area contributed by atoms with Crippen LogP contribution in [-0.4, -0.2) is 29.0 Å². The van der Waals surface area contributed by atoms with E-state index in [0.29, 0.717) is 0 Å². The average Bonchev–Trinajstić information content (AvgIpc) is 2.61. The summed E-state index contributed by atoms with van der Waals surface area (Å²) in [5, 5.41) is 0.288. The molecule has 8 heteroatoms. The van der Waals surface area contributed by atoms with Crippen molar-refractivity contribution in [2.75, 3.05) is 0 Å². The number of alkyl halides is 3. The summed E-state index contributed by atoms with van der Waals surface area (Å²) in [4.78, 5) is 40.5. The number of hydrogen-bond donors (Lipinski definition) is 0. The lowest BCUT2D eigenvalue weighted by Gasteiger charge is -2.25. The molecule has 124 valence electrons. The SMILES string of the molecule is CC(C)(CC(=O)ON1C(=O)c2ccccc2C1=O)CC(F)(F)F. The molecule has 1 heterocycles. The number of benzene rings is 1. The normalized spacial score (nSPS) is 14.9. The molecular formula is C15H14F3NO4. The van der Waals surface area contributed by atoms with Gasteiger partial charge in [-0.25, -0.2) is 4.79 Å². The standard InChI is InChI=1S/C15H14F3NO4/c1-14(2,8-15(16,17)18)7-11(20)23-19-12(21)9-5-3-4-6-10(9)13(19)22/h3-6H,7-8H2,1-2H3. The fourth-order valence-corrected chi connectivity index (χ4v) is 2.38. The molecule has 1 aliphatic rings. The van der Waals surface area contributed by atoms with E-state index in [1.807, 2.05) is 0 Å². The number of hydroxylamine groups is 2. The molecule has 0 fully saturated rings. The largest absolute Gasteiger partial charge is 0.389 e. The molecule has 0 bridgehead atoms. The summed E-state index contributed by atoms with van der Waals surface area (Å²) >= 11 is 0. The third-order valence-electron chi connectivity index (χ3n) is 3.25. The number of imide groups is 1. The van der Waals surface area contributed by atoms with Crippen molar-refractivity contribution in [2.24, 2.45) is 5.41 Å². The second kappa shape index (κ2) is 5.68. The van der Waals surface area contributed by atoms with Gasteiger partial charge in [0, 0.05) is 6.42 Å². The van der Waals surface area contributed by atoms with Crippen LogP contribution in [-0.2, 0) is 9.63 Å². The van der Waals surface area contributed by atoms with Crippen LogP contribution in [0, 0.1) is 5.41 Å². The summed E-state index contributed by atoms with van der Waals surface area (Å²) in [6, 6.07) is 5.89. The lowest BCUT2D eigenvalue weighted by atomic mass is 9.85. The minimum atomic E-state index is -4.43. The van der Waals surface area contributed by atoms with Gasteiger partial charge in [0.25, 0.3) is 11.8 Å². The Morgan fingerprint density at radius 1 is 1.09 bits per heavy atom. The summed E-state index contributed by atoms with van der Waals surface area (Å²) in [5.74, 6) is -2.70. The highest BCUT2D eigenvalue weighted by atomic mass is 19.4. The summed E-state index contributed by atoms with van der Waals surface area (Å²) in [7, 11) is 0. The molecular weight excluding hydrogens is 315 g/mol. The highest BCUT2D eigenvalue weighted by molar-refractivity contribution is 6.20. The van der Waals surface area contributed by atoms with Crippen molar-refractivity contribution in [1.29, 1.82) is 0 Å². The molecule has 0 unspecified atom stereocenters. The number of rotatable bonds is 4. The van der Waals surface area contributed by atoms with Crippen LogP contribution in [0.25, 0.3) is 0 Å². The van der Waals surface area contributed by atoms with E-state index in [0.717, 1.165) is 0 Å². The predicted octanol–water partition coefficient (Wildman–Crippen LogP) is 3.11. The smallest absolute Gasteiger partial charge is 0.330 e. The lowest BCUT2D eigenvalue weighted by molar-refractivity contribution is -0.177. The second-order valence-electron chi connectivity index (χ2n) is 6.05. The summed E-state index contributed by atoms with van der Waals surface area (Å²) < 4.78 is 37.3. The van der Waals surface area contributed by atoms with Crippen molar-refractivity contribution >= 4 is 17.8 Å². The fraction of sp³-hybridized carbons (Fsp3) is 0.400. The van der Waals surface area contributed by atoms with Gasteiger partial charge in [-0.3, -0.25) is 9.59 Å². The average molecular weight is 329 g/mol. The molecule has 2 amide bonds. The van der Waals surface area contributed by atoms with Crippen molar-refractivity contribution in [3.05, 3.63) is 35.4 Å². The molecule has 1 aromatic rings. The zero-order chi connectivity index (χ0) is 17.4. The quantitative estimate of drug-likeness (QED) is 0.796. The van der Waals surface area contributed by atoms with E-state index < -0.39 is 42.2 Å². The fourth-order valence-electron chi connectivity index (χ4n) is 2.38.